The van der Waals surface area contributed by atoms with Gasteiger partial charge in [0.05, 0.1) is 4.90 Å². The largest absolute Gasteiger partial charge is 0.263 e. The van der Waals surface area contributed by atoms with Crippen LogP contribution in [0.25, 0.3) is 0 Å². The molecule has 0 unspecified atom stereocenters. The zero-order chi connectivity index (χ0) is 14.8. The molecule has 0 bridgehead atoms. The molecule has 1 aromatic heterocycles. The third-order valence-corrected chi connectivity index (χ3v) is 5.50. The van der Waals surface area contributed by atoms with Crippen LogP contribution in [-0.2, 0) is 15.4 Å². The Labute approximate surface area is 123 Å². The lowest BCUT2D eigenvalue weighted by atomic mass is 9.82. The Kier molecular flexibility index (Phi) is 4.10. The molecule has 0 spiro atoms. The maximum Gasteiger partial charge on any atom is 0.263 e. The monoisotopic (exact) mass is 311 g/mol. The van der Waals surface area contributed by atoms with E-state index in [0.29, 0.717) is 0 Å². The van der Waals surface area contributed by atoms with E-state index in [4.69, 9.17) is 0 Å². The third-order valence-electron chi connectivity index (χ3n) is 3.41. The molecule has 0 saturated heterocycles. The Morgan fingerprint density at radius 1 is 1.25 bits per heavy atom. The van der Waals surface area contributed by atoms with Crippen molar-refractivity contribution in [3.63, 3.8) is 0 Å². The van der Waals surface area contributed by atoms with Crippen molar-refractivity contribution in [2.45, 2.75) is 37.5 Å². The molecule has 5 nitrogen and oxygen atoms in total. The molecule has 2 rings (SSSR count). The van der Waals surface area contributed by atoms with Crippen molar-refractivity contribution in [2.24, 2.45) is 0 Å². The van der Waals surface area contributed by atoms with Gasteiger partial charge in [0.25, 0.3) is 10.0 Å². The van der Waals surface area contributed by atoms with Crippen LogP contribution in [0.4, 0.5) is 5.13 Å². The van der Waals surface area contributed by atoms with Gasteiger partial charge < -0.3 is 0 Å². The summed E-state index contributed by atoms with van der Waals surface area (Å²) in [6.07, 6.45) is 0.988. The van der Waals surface area contributed by atoms with E-state index in [2.05, 4.69) is 35.7 Å². The van der Waals surface area contributed by atoms with Crippen LogP contribution in [0.3, 0.4) is 0 Å². The molecule has 1 aromatic carbocycles. The maximum absolute atomic E-state index is 12.2. The Morgan fingerprint density at radius 2 is 1.90 bits per heavy atom. The van der Waals surface area contributed by atoms with E-state index >= 15 is 0 Å². The SMILES string of the molecule is CCC(C)(C)c1ccc(S(=O)(=O)Nc2nncs2)cc1. The second-order valence-corrected chi connectivity index (χ2v) is 7.63. The van der Waals surface area contributed by atoms with Crippen molar-refractivity contribution in [2.75, 3.05) is 4.72 Å². The van der Waals surface area contributed by atoms with Crippen LogP contribution >= 0.6 is 11.3 Å². The first-order valence-corrected chi connectivity index (χ1v) is 8.61. The first-order valence-electron chi connectivity index (χ1n) is 6.25. The number of aromatic nitrogens is 2. The average Bonchev–Trinajstić information content (AvgIpc) is 2.91. The summed E-state index contributed by atoms with van der Waals surface area (Å²) in [6.45, 7) is 6.38. The van der Waals surface area contributed by atoms with Crippen molar-refractivity contribution in [3.8, 4) is 0 Å². The first-order chi connectivity index (χ1) is 9.35. The topological polar surface area (TPSA) is 72.0 Å². The summed E-state index contributed by atoms with van der Waals surface area (Å²) in [6, 6.07) is 6.96. The highest BCUT2D eigenvalue weighted by Gasteiger charge is 2.20. The van der Waals surface area contributed by atoms with Gasteiger partial charge in [0, 0.05) is 0 Å². The van der Waals surface area contributed by atoms with Gasteiger partial charge >= 0.3 is 0 Å². The predicted molar refractivity (Wildman–Crippen MR) is 80.5 cm³/mol. The number of hydrogen-bond donors (Lipinski definition) is 1. The highest BCUT2D eigenvalue weighted by atomic mass is 32.2. The molecular formula is C13H17N3O2S2. The van der Waals surface area contributed by atoms with Gasteiger partial charge in [-0.05, 0) is 29.5 Å². The summed E-state index contributed by atoms with van der Waals surface area (Å²) in [5.41, 5.74) is 2.63. The van der Waals surface area contributed by atoms with Gasteiger partial charge in [0.2, 0.25) is 5.13 Å². The van der Waals surface area contributed by atoms with Crippen LogP contribution in [0.1, 0.15) is 32.8 Å². The molecule has 7 heteroatoms. The summed E-state index contributed by atoms with van der Waals surface area (Å²) < 4.78 is 26.7. The number of sulfonamides is 1. The van der Waals surface area contributed by atoms with E-state index in [9.17, 15) is 8.42 Å². The fourth-order valence-electron chi connectivity index (χ4n) is 1.68. The van der Waals surface area contributed by atoms with Crippen molar-refractivity contribution in [3.05, 3.63) is 35.3 Å². The van der Waals surface area contributed by atoms with Crippen molar-refractivity contribution < 1.29 is 8.42 Å². The quantitative estimate of drug-likeness (QED) is 0.921. The summed E-state index contributed by atoms with van der Waals surface area (Å²) in [4.78, 5) is 0.225. The summed E-state index contributed by atoms with van der Waals surface area (Å²) >= 11 is 1.14. The second-order valence-electron chi connectivity index (χ2n) is 5.11. The number of hydrogen-bond acceptors (Lipinski definition) is 5. The van der Waals surface area contributed by atoms with E-state index < -0.39 is 10.0 Å². The van der Waals surface area contributed by atoms with E-state index in [0.717, 1.165) is 23.3 Å². The molecule has 0 saturated carbocycles. The van der Waals surface area contributed by atoms with Crippen LogP contribution in [0.2, 0.25) is 0 Å². The van der Waals surface area contributed by atoms with Crippen molar-refractivity contribution >= 4 is 26.5 Å². The molecule has 1 heterocycles. The van der Waals surface area contributed by atoms with Crippen molar-refractivity contribution in [1.29, 1.82) is 0 Å². The average molecular weight is 311 g/mol. The van der Waals surface area contributed by atoms with Gasteiger partial charge in [-0.25, -0.2) is 8.42 Å². The first kappa shape index (κ1) is 14.9. The fourth-order valence-corrected chi connectivity index (χ4v) is 3.37. The van der Waals surface area contributed by atoms with Crippen LogP contribution in [-0.4, -0.2) is 18.6 Å². The van der Waals surface area contributed by atoms with E-state index in [1.807, 2.05) is 12.1 Å². The minimum atomic E-state index is -3.59. The minimum Gasteiger partial charge on any atom is -0.253 e. The molecule has 0 aliphatic carbocycles. The standard InChI is InChI=1S/C13H17N3O2S2/c1-4-13(2,3)10-5-7-11(8-6-10)20(17,18)16-12-15-14-9-19-12/h5-9H,4H2,1-3H3,(H,15,16). The molecule has 0 amide bonds. The smallest absolute Gasteiger partial charge is 0.253 e. The summed E-state index contributed by atoms with van der Waals surface area (Å²) in [5, 5.41) is 7.54. The Bertz CT molecular complexity index is 662. The fraction of sp³-hybridized carbons (Fsp3) is 0.385. The van der Waals surface area contributed by atoms with Gasteiger partial charge in [0.1, 0.15) is 5.51 Å². The molecule has 2 aromatic rings. The van der Waals surface area contributed by atoms with Crippen LogP contribution in [0.5, 0.6) is 0 Å². The molecule has 108 valence electrons. The molecule has 0 aliphatic rings. The lowest BCUT2D eigenvalue weighted by Crippen LogP contribution is -2.16. The van der Waals surface area contributed by atoms with E-state index in [-0.39, 0.29) is 15.4 Å². The van der Waals surface area contributed by atoms with Gasteiger partial charge in [-0.2, -0.15) is 0 Å². The van der Waals surface area contributed by atoms with Crippen LogP contribution in [0.15, 0.2) is 34.7 Å². The lowest BCUT2D eigenvalue weighted by Gasteiger charge is -2.23. The Morgan fingerprint density at radius 3 is 2.40 bits per heavy atom. The second kappa shape index (κ2) is 5.49. The highest BCUT2D eigenvalue weighted by Crippen LogP contribution is 2.27. The highest BCUT2D eigenvalue weighted by molar-refractivity contribution is 7.93. The van der Waals surface area contributed by atoms with Gasteiger partial charge in [-0.15, -0.1) is 10.2 Å². The van der Waals surface area contributed by atoms with Gasteiger partial charge in [-0.3, -0.25) is 4.72 Å². The van der Waals surface area contributed by atoms with E-state index in [1.165, 1.54) is 5.51 Å². The van der Waals surface area contributed by atoms with Gasteiger partial charge in [-0.1, -0.05) is 44.2 Å². The number of nitrogens with one attached hydrogen (secondary N) is 1. The molecule has 0 fully saturated rings. The van der Waals surface area contributed by atoms with Crippen molar-refractivity contribution in [1.82, 2.24) is 10.2 Å². The summed E-state index contributed by atoms with van der Waals surface area (Å²) in [5.74, 6) is 0. The lowest BCUT2D eigenvalue weighted by molar-refractivity contribution is 0.506. The van der Waals surface area contributed by atoms with Gasteiger partial charge in [0.15, 0.2) is 0 Å². The zero-order valence-corrected chi connectivity index (χ0v) is 13.3. The van der Waals surface area contributed by atoms with E-state index in [1.54, 1.807) is 12.1 Å². The molecule has 1 N–H and O–H groups in total. The number of anilines is 1. The molecule has 0 radical (unpaired) electrons. The molecule has 0 aliphatic heterocycles. The minimum absolute atomic E-state index is 0.0367. The van der Waals surface area contributed by atoms with Crippen LogP contribution < -0.4 is 4.72 Å². The molecule has 0 atom stereocenters. The zero-order valence-electron chi connectivity index (χ0n) is 11.6. The predicted octanol–water partition coefficient (Wildman–Crippen LogP) is 3.03. The number of nitrogens with zero attached hydrogens (tertiary/aromatic N) is 2. The normalized spacial score (nSPS) is 12.3. The maximum atomic E-state index is 12.2. The Hall–Kier alpha value is -1.47. The number of benzene rings is 1. The van der Waals surface area contributed by atoms with Crippen LogP contribution in [0, 0.1) is 0 Å². The Balaban J connectivity index is 2.25. The molecular weight excluding hydrogens is 294 g/mol. The third kappa shape index (κ3) is 3.16. The molecule has 20 heavy (non-hydrogen) atoms. The number of rotatable bonds is 5. The summed E-state index contributed by atoms with van der Waals surface area (Å²) in [7, 11) is -3.59.